The Morgan fingerprint density at radius 1 is 1.32 bits per heavy atom. The Bertz CT molecular complexity index is 768. The summed E-state index contributed by atoms with van der Waals surface area (Å²) in [4.78, 5) is 5.98. The van der Waals surface area contributed by atoms with Crippen LogP contribution in [0, 0.1) is 0 Å². The summed E-state index contributed by atoms with van der Waals surface area (Å²) in [6.07, 6.45) is 0.609. The molecule has 2 aliphatic heterocycles. The molecule has 0 bridgehead atoms. The molecule has 2 atom stereocenters. The monoisotopic (exact) mass is 338 g/mol. The quantitative estimate of drug-likeness (QED) is 0.738. The van der Waals surface area contributed by atoms with Crippen molar-refractivity contribution in [3.63, 3.8) is 0 Å². The number of benzene rings is 1. The third kappa shape index (κ3) is 1.96. The summed E-state index contributed by atoms with van der Waals surface area (Å²) in [5.74, 6) is 0.779. The molecule has 2 aliphatic rings. The van der Waals surface area contributed by atoms with E-state index in [1.807, 2.05) is 32.0 Å². The number of nitrogen functional groups attached to an aromatic ring is 1. The number of sulfone groups is 1. The fourth-order valence-corrected chi connectivity index (χ4v) is 7.12. The minimum absolute atomic E-state index is 0.505. The maximum absolute atomic E-state index is 13.2. The van der Waals surface area contributed by atoms with Gasteiger partial charge in [-0.3, -0.25) is 4.99 Å². The van der Waals surface area contributed by atoms with Crippen molar-refractivity contribution >= 4 is 33.0 Å². The molecule has 0 saturated carbocycles. The van der Waals surface area contributed by atoms with Crippen molar-refractivity contribution in [1.29, 1.82) is 0 Å². The van der Waals surface area contributed by atoms with Crippen molar-refractivity contribution in [1.82, 2.24) is 0 Å². The fourth-order valence-electron chi connectivity index (χ4n) is 3.43. The summed E-state index contributed by atoms with van der Waals surface area (Å²) >= 11 is 1.70. The second-order valence-corrected chi connectivity index (χ2v) is 10.6. The highest BCUT2D eigenvalue weighted by Gasteiger charge is 2.56. The van der Waals surface area contributed by atoms with E-state index in [1.165, 1.54) is 0 Å². The van der Waals surface area contributed by atoms with Crippen LogP contribution < -0.4 is 5.73 Å². The van der Waals surface area contributed by atoms with Crippen LogP contribution in [0.25, 0.3) is 0 Å². The molecule has 0 spiro atoms. The van der Waals surface area contributed by atoms with Gasteiger partial charge >= 0.3 is 0 Å². The lowest BCUT2D eigenvalue weighted by molar-refractivity contribution is 0.417. The van der Waals surface area contributed by atoms with Crippen LogP contribution in [0.5, 0.6) is 0 Å². The number of hydrogen-bond acceptors (Lipinski definition) is 5. The molecule has 0 amide bonds. The highest BCUT2D eigenvalue weighted by molar-refractivity contribution is 7.99. The van der Waals surface area contributed by atoms with Gasteiger partial charge in [0.25, 0.3) is 0 Å². The molecule has 120 valence electrons. The summed E-state index contributed by atoms with van der Waals surface area (Å²) in [5, 5.41) is -0.505. The van der Waals surface area contributed by atoms with Gasteiger partial charge < -0.3 is 5.73 Å². The lowest BCUT2D eigenvalue weighted by Crippen LogP contribution is -2.56. The van der Waals surface area contributed by atoms with Crippen LogP contribution in [0.4, 0.5) is 5.69 Å². The second-order valence-electron chi connectivity index (χ2n) is 6.78. The van der Waals surface area contributed by atoms with Gasteiger partial charge in [0.15, 0.2) is 9.84 Å². The van der Waals surface area contributed by atoms with Crippen molar-refractivity contribution in [3.8, 4) is 0 Å². The first kappa shape index (κ1) is 15.9. The molecule has 0 fully saturated rings. The molecule has 3 rings (SSSR count). The molecule has 0 aromatic heterocycles. The highest BCUT2D eigenvalue weighted by atomic mass is 32.2. The van der Waals surface area contributed by atoms with Gasteiger partial charge in [0, 0.05) is 16.3 Å². The van der Waals surface area contributed by atoms with E-state index in [0.717, 1.165) is 16.2 Å². The molecule has 0 saturated heterocycles. The van der Waals surface area contributed by atoms with E-state index >= 15 is 0 Å². The van der Waals surface area contributed by atoms with Gasteiger partial charge in [-0.05, 0) is 63.6 Å². The molecule has 1 aromatic carbocycles. The number of thioether (sulfide) groups is 1. The normalized spacial score (nSPS) is 32.4. The molecule has 6 heteroatoms. The summed E-state index contributed by atoms with van der Waals surface area (Å²) in [6, 6.07) is 5.75. The molecule has 0 aliphatic carbocycles. The number of hydrogen-bond donors (Lipinski definition) is 1. The van der Waals surface area contributed by atoms with Crippen LogP contribution in [-0.4, -0.2) is 29.9 Å². The summed E-state index contributed by atoms with van der Waals surface area (Å²) in [7, 11) is -3.33. The topological polar surface area (TPSA) is 72.5 Å². The number of aliphatic imine (C=N–C) groups is 1. The third-order valence-corrected chi connectivity index (χ3v) is 9.44. The first-order valence-corrected chi connectivity index (χ1v) is 9.97. The molecule has 22 heavy (non-hydrogen) atoms. The number of nitrogens with zero attached hydrogens (tertiary/aromatic N) is 1. The van der Waals surface area contributed by atoms with Crippen LogP contribution in [0.2, 0.25) is 0 Å². The average molecular weight is 338 g/mol. The molecule has 0 unspecified atom stereocenters. The summed E-state index contributed by atoms with van der Waals surface area (Å²) in [6.45, 7) is 7.29. The molecular formula is C16H22N2O2S2. The van der Waals surface area contributed by atoms with Crippen LogP contribution >= 0.6 is 11.8 Å². The SMILES string of the molecule is CC1=N[C@]2(C)c3cc(N)ccc3SCC[C@@H]2S(=O)(=O)C1(C)C. The molecule has 2 N–H and O–H groups in total. The third-order valence-electron chi connectivity index (χ3n) is 5.17. The minimum atomic E-state index is -3.33. The molecule has 1 aromatic rings. The van der Waals surface area contributed by atoms with Gasteiger partial charge in [-0.25, -0.2) is 8.42 Å². The highest BCUT2D eigenvalue weighted by Crippen LogP contribution is 2.49. The van der Waals surface area contributed by atoms with Gasteiger partial charge in [-0.2, -0.15) is 0 Å². The van der Waals surface area contributed by atoms with Gasteiger partial charge in [-0.1, -0.05) is 0 Å². The summed E-state index contributed by atoms with van der Waals surface area (Å²) in [5.41, 5.74) is 7.47. The Morgan fingerprint density at radius 3 is 2.68 bits per heavy atom. The molecule has 2 heterocycles. The zero-order chi connectivity index (χ0) is 16.3. The van der Waals surface area contributed by atoms with Crippen molar-refractivity contribution < 1.29 is 8.42 Å². The van der Waals surface area contributed by atoms with Gasteiger partial charge in [0.1, 0.15) is 10.3 Å². The Hall–Kier alpha value is -1.01. The van der Waals surface area contributed by atoms with Crippen LogP contribution in [-0.2, 0) is 15.4 Å². The van der Waals surface area contributed by atoms with E-state index in [1.54, 1.807) is 25.6 Å². The maximum atomic E-state index is 13.2. The van der Waals surface area contributed by atoms with E-state index in [9.17, 15) is 8.42 Å². The van der Waals surface area contributed by atoms with Crippen molar-refractivity contribution in [3.05, 3.63) is 23.8 Å². The Balaban J connectivity index is 2.35. The smallest absolute Gasteiger partial charge is 0.166 e. The molecular weight excluding hydrogens is 316 g/mol. The zero-order valence-electron chi connectivity index (χ0n) is 13.4. The lowest BCUT2D eigenvalue weighted by atomic mass is 9.86. The van der Waals surface area contributed by atoms with Crippen LogP contribution in [0.1, 0.15) is 39.7 Å². The first-order chi connectivity index (χ1) is 10.1. The van der Waals surface area contributed by atoms with E-state index in [-0.39, 0.29) is 0 Å². The van der Waals surface area contributed by atoms with Crippen LogP contribution in [0.3, 0.4) is 0 Å². The average Bonchev–Trinajstić information content (AvgIpc) is 2.55. The standard InChI is InChI=1S/C16H22N2O2S2/c1-10-15(2,3)22(19,20)14-7-8-21-13-6-5-11(17)9-12(13)16(14,4)18-10/h5-6,9,14H,7-8,17H2,1-4H3/t14-,16+/m0/s1. The predicted molar refractivity (Wildman–Crippen MR) is 93.4 cm³/mol. The predicted octanol–water partition coefficient (Wildman–Crippen LogP) is 3.02. The maximum Gasteiger partial charge on any atom is 0.166 e. The van der Waals surface area contributed by atoms with Crippen molar-refractivity contribution in [2.45, 2.75) is 54.5 Å². The second kappa shape index (κ2) is 4.74. The van der Waals surface area contributed by atoms with Crippen molar-refractivity contribution in [2.24, 2.45) is 4.99 Å². The van der Waals surface area contributed by atoms with E-state index in [4.69, 9.17) is 10.7 Å². The lowest BCUT2D eigenvalue weighted by Gasteiger charge is -2.44. The Labute approximate surface area is 136 Å². The number of anilines is 1. The van der Waals surface area contributed by atoms with Crippen LogP contribution in [0.15, 0.2) is 28.1 Å². The molecule has 4 nitrogen and oxygen atoms in total. The number of nitrogens with two attached hydrogens (primary N) is 1. The molecule has 0 radical (unpaired) electrons. The van der Waals surface area contributed by atoms with Crippen molar-refractivity contribution in [2.75, 3.05) is 11.5 Å². The van der Waals surface area contributed by atoms with E-state index in [0.29, 0.717) is 17.8 Å². The minimum Gasteiger partial charge on any atom is -0.399 e. The number of fused-ring (bicyclic) bond motifs is 3. The van der Waals surface area contributed by atoms with Gasteiger partial charge in [0.05, 0.1) is 5.25 Å². The van der Waals surface area contributed by atoms with Gasteiger partial charge in [-0.15, -0.1) is 11.8 Å². The van der Waals surface area contributed by atoms with Gasteiger partial charge in [0.2, 0.25) is 0 Å². The van der Waals surface area contributed by atoms with E-state index in [2.05, 4.69) is 0 Å². The fraction of sp³-hybridized carbons (Fsp3) is 0.562. The zero-order valence-corrected chi connectivity index (χ0v) is 15.0. The summed E-state index contributed by atoms with van der Waals surface area (Å²) < 4.78 is 25.5. The Kier molecular flexibility index (Phi) is 3.42. The number of rotatable bonds is 0. The Morgan fingerprint density at radius 2 is 2.00 bits per heavy atom. The van der Waals surface area contributed by atoms with E-state index < -0.39 is 25.4 Å². The largest absolute Gasteiger partial charge is 0.399 e. The first-order valence-electron chi connectivity index (χ1n) is 7.44.